The van der Waals surface area contributed by atoms with Gasteiger partial charge in [0.15, 0.2) is 0 Å². The number of hydrogen-bond donors (Lipinski definition) is 2. The lowest BCUT2D eigenvalue weighted by molar-refractivity contribution is -0.115. The normalized spacial score (nSPS) is 11.3. The third kappa shape index (κ3) is 5.10. The summed E-state index contributed by atoms with van der Waals surface area (Å²) in [6.45, 7) is 0. The van der Waals surface area contributed by atoms with Crippen LogP contribution in [0.2, 0.25) is 10.2 Å². The molecular weight excluding hydrogens is 440 g/mol. The Bertz CT molecular complexity index is 1170. The molecule has 10 heteroatoms. The van der Waals surface area contributed by atoms with Crippen LogP contribution in [-0.2, 0) is 21.2 Å². The molecule has 29 heavy (non-hydrogen) atoms. The van der Waals surface area contributed by atoms with Crippen molar-refractivity contribution in [2.75, 3.05) is 5.32 Å². The summed E-state index contributed by atoms with van der Waals surface area (Å²) in [6, 6.07) is 11.4. The molecule has 0 unspecified atom stereocenters. The second-order valence-electron chi connectivity index (χ2n) is 6.05. The van der Waals surface area contributed by atoms with Gasteiger partial charge in [0.05, 0.1) is 11.3 Å². The molecule has 0 spiro atoms. The highest BCUT2D eigenvalue weighted by atomic mass is 35.5. The van der Waals surface area contributed by atoms with Crippen LogP contribution in [0.4, 0.5) is 10.1 Å². The molecule has 0 saturated carbocycles. The Morgan fingerprint density at radius 1 is 1.14 bits per heavy atom. The molecule has 1 heterocycles. The summed E-state index contributed by atoms with van der Waals surface area (Å²) in [4.78, 5) is 16.0. The molecule has 0 aliphatic carbocycles. The van der Waals surface area contributed by atoms with Crippen molar-refractivity contribution in [2.45, 2.75) is 11.3 Å². The minimum Gasteiger partial charge on any atom is -0.326 e. The topological polar surface area (TPSA) is 102 Å². The minimum atomic E-state index is -4.12. The van der Waals surface area contributed by atoms with E-state index in [1.54, 1.807) is 6.07 Å². The molecule has 3 rings (SSSR count). The Kier molecular flexibility index (Phi) is 6.18. The van der Waals surface area contributed by atoms with E-state index in [1.165, 1.54) is 48.7 Å². The van der Waals surface area contributed by atoms with Crippen molar-refractivity contribution in [3.8, 4) is 11.1 Å². The van der Waals surface area contributed by atoms with Gasteiger partial charge in [-0.1, -0.05) is 35.3 Å². The summed E-state index contributed by atoms with van der Waals surface area (Å²) >= 11 is 11.7. The molecule has 0 aliphatic rings. The van der Waals surface area contributed by atoms with Crippen LogP contribution in [0.15, 0.2) is 59.6 Å². The van der Waals surface area contributed by atoms with Crippen LogP contribution in [0.5, 0.6) is 0 Å². The zero-order valence-corrected chi connectivity index (χ0v) is 17.0. The summed E-state index contributed by atoms with van der Waals surface area (Å²) in [7, 11) is -4.12. The predicted octanol–water partition coefficient (Wildman–Crippen LogP) is 4.02. The average molecular weight is 454 g/mol. The van der Waals surface area contributed by atoms with Gasteiger partial charge in [0.1, 0.15) is 11.0 Å². The first-order valence-corrected chi connectivity index (χ1v) is 10.5. The molecule has 3 N–H and O–H groups in total. The van der Waals surface area contributed by atoms with Crippen LogP contribution in [0.25, 0.3) is 11.1 Å². The van der Waals surface area contributed by atoms with Crippen molar-refractivity contribution < 1.29 is 17.6 Å². The number of rotatable bonds is 5. The molecule has 0 aliphatic heterocycles. The number of anilines is 1. The van der Waals surface area contributed by atoms with E-state index in [1.807, 2.05) is 0 Å². The first-order chi connectivity index (χ1) is 13.6. The Labute approximate surface area is 176 Å². The molecule has 2 aromatic carbocycles. The number of aromatic nitrogens is 1. The van der Waals surface area contributed by atoms with E-state index >= 15 is 0 Å². The first kappa shape index (κ1) is 21.2. The Balaban J connectivity index is 1.91. The van der Waals surface area contributed by atoms with Crippen LogP contribution in [0, 0.1) is 5.82 Å². The Hall–Kier alpha value is -2.52. The lowest BCUT2D eigenvalue weighted by Crippen LogP contribution is -2.17. The van der Waals surface area contributed by atoms with E-state index in [-0.39, 0.29) is 32.7 Å². The van der Waals surface area contributed by atoms with Gasteiger partial charge in [-0.3, -0.25) is 4.79 Å². The summed E-state index contributed by atoms with van der Waals surface area (Å²) in [5, 5.41) is 8.23. The molecule has 6 nitrogen and oxygen atoms in total. The second kappa shape index (κ2) is 8.46. The fraction of sp³-hybridized carbons (Fsp3) is 0.0526. The Morgan fingerprint density at radius 3 is 2.52 bits per heavy atom. The number of primary sulfonamides is 1. The minimum absolute atomic E-state index is 0.0437. The molecule has 0 atom stereocenters. The van der Waals surface area contributed by atoms with Crippen molar-refractivity contribution >= 4 is 44.8 Å². The van der Waals surface area contributed by atoms with Crippen molar-refractivity contribution in [3.63, 3.8) is 0 Å². The van der Waals surface area contributed by atoms with Crippen molar-refractivity contribution in [1.82, 2.24) is 4.98 Å². The number of carbonyl (C=O) groups is 1. The van der Waals surface area contributed by atoms with E-state index < -0.39 is 21.7 Å². The standard InChI is InChI=1S/C19H14Cl2FN3O3S/c20-15-2-1-3-16(22)14(15)9-19(26)25-12-5-6-13(17(8-12)29(23,27)28)11-4-7-18(21)24-10-11/h1-8,10H,9H2,(H,25,26)(H2,23,27,28). The number of nitrogens with two attached hydrogens (primary N) is 1. The number of carbonyl (C=O) groups excluding carboxylic acids is 1. The van der Waals surface area contributed by atoms with Gasteiger partial charge in [-0.05, 0) is 36.4 Å². The zero-order valence-electron chi connectivity index (χ0n) is 14.7. The van der Waals surface area contributed by atoms with Crippen LogP contribution in [-0.4, -0.2) is 19.3 Å². The van der Waals surface area contributed by atoms with Crippen molar-refractivity contribution in [2.24, 2.45) is 5.14 Å². The van der Waals surface area contributed by atoms with Crippen LogP contribution < -0.4 is 10.5 Å². The zero-order chi connectivity index (χ0) is 21.2. The van der Waals surface area contributed by atoms with E-state index in [4.69, 9.17) is 28.3 Å². The third-order valence-electron chi connectivity index (χ3n) is 4.01. The number of nitrogens with one attached hydrogen (secondary N) is 1. The van der Waals surface area contributed by atoms with Gasteiger partial charge in [-0.15, -0.1) is 0 Å². The van der Waals surface area contributed by atoms with E-state index in [0.29, 0.717) is 11.1 Å². The molecular formula is C19H14Cl2FN3O3S. The monoisotopic (exact) mass is 453 g/mol. The summed E-state index contributed by atoms with van der Waals surface area (Å²) in [5.74, 6) is -1.18. The van der Waals surface area contributed by atoms with Gasteiger partial charge < -0.3 is 5.32 Å². The van der Waals surface area contributed by atoms with E-state index in [9.17, 15) is 17.6 Å². The van der Waals surface area contributed by atoms with Crippen LogP contribution in [0.3, 0.4) is 0 Å². The van der Waals surface area contributed by atoms with Gasteiger partial charge >= 0.3 is 0 Å². The highest BCUT2D eigenvalue weighted by Crippen LogP contribution is 2.30. The molecule has 0 radical (unpaired) electrons. The third-order valence-corrected chi connectivity index (χ3v) is 5.54. The molecule has 0 bridgehead atoms. The highest BCUT2D eigenvalue weighted by Gasteiger charge is 2.18. The van der Waals surface area contributed by atoms with Gasteiger partial charge in [0.25, 0.3) is 0 Å². The maximum atomic E-state index is 13.9. The molecule has 0 fully saturated rings. The number of sulfonamides is 1. The first-order valence-electron chi connectivity index (χ1n) is 8.16. The predicted molar refractivity (Wildman–Crippen MR) is 110 cm³/mol. The highest BCUT2D eigenvalue weighted by molar-refractivity contribution is 7.89. The number of amides is 1. The van der Waals surface area contributed by atoms with Gasteiger partial charge in [-0.25, -0.2) is 22.9 Å². The average Bonchev–Trinajstić information content (AvgIpc) is 2.65. The summed E-state index contributed by atoms with van der Waals surface area (Å²) < 4.78 is 38.0. The lowest BCUT2D eigenvalue weighted by Gasteiger charge is -2.12. The lowest BCUT2D eigenvalue weighted by atomic mass is 10.1. The van der Waals surface area contributed by atoms with Crippen LogP contribution in [0.1, 0.15) is 5.56 Å². The second-order valence-corrected chi connectivity index (χ2v) is 8.38. The van der Waals surface area contributed by atoms with Gasteiger partial charge in [0.2, 0.25) is 15.9 Å². The number of pyridine rings is 1. The maximum absolute atomic E-state index is 13.9. The maximum Gasteiger partial charge on any atom is 0.238 e. The van der Waals surface area contributed by atoms with Gasteiger partial charge in [0, 0.05) is 33.6 Å². The number of benzene rings is 2. The summed E-state index contributed by atoms with van der Waals surface area (Å²) in [6.07, 6.45) is 1.09. The van der Waals surface area contributed by atoms with Crippen molar-refractivity contribution in [1.29, 1.82) is 0 Å². The molecule has 1 aromatic heterocycles. The molecule has 3 aromatic rings. The number of halogens is 3. The van der Waals surface area contributed by atoms with E-state index in [2.05, 4.69) is 10.3 Å². The molecule has 150 valence electrons. The SMILES string of the molecule is NS(=O)(=O)c1cc(NC(=O)Cc2c(F)cccc2Cl)ccc1-c1ccc(Cl)nc1. The summed E-state index contributed by atoms with van der Waals surface area (Å²) in [5.41, 5.74) is 1.00. The van der Waals surface area contributed by atoms with Crippen molar-refractivity contribution in [3.05, 3.63) is 76.3 Å². The smallest absolute Gasteiger partial charge is 0.238 e. The molecule has 1 amide bonds. The fourth-order valence-corrected chi connectivity index (χ4v) is 3.80. The number of nitrogens with zero attached hydrogens (tertiary/aromatic N) is 1. The van der Waals surface area contributed by atoms with E-state index in [0.717, 1.165) is 0 Å². The Morgan fingerprint density at radius 2 is 1.90 bits per heavy atom. The van der Waals surface area contributed by atoms with Gasteiger partial charge in [-0.2, -0.15) is 0 Å². The largest absolute Gasteiger partial charge is 0.326 e. The fourth-order valence-electron chi connectivity index (χ4n) is 2.68. The molecule has 0 saturated heterocycles. The van der Waals surface area contributed by atoms with Crippen LogP contribution >= 0.6 is 23.2 Å². The quantitative estimate of drug-likeness (QED) is 0.569. The number of hydrogen-bond acceptors (Lipinski definition) is 4.